The first-order chi connectivity index (χ1) is 8.24. The summed E-state index contributed by atoms with van der Waals surface area (Å²) in [4.78, 5) is 6.25. The fraction of sp³-hybridized carbons (Fsp3) is 0.333. The summed E-state index contributed by atoms with van der Waals surface area (Å²) in [7, 11) is 2.04. The van der Waals surface area contributed by atoms with Gasteiger partial charge < -0.3 is 10.3 Å². The van der Waals surface area contributed by atoms with Gasteiger partial charge >= 0.3 is 0 Å². The molecule has 0 saturated heterocycles. The Morgan fingerprint density at radius 2 is 2.35 bits per heavy atom. The molecule has 5 heteroatoms. The molecule has 0 unspecified atom stereocenters. The van der Waals surface area contributed by atoms with Crippen LogP contribution in [-0.4, -0.2) is 28.6 Å². The molecule has 2 aromatic rings. The molecule has 5 nitrogen and oxygen atoms in total. The molecule has 0 amide bonds. The van der Waals surface area contributed by atoms with E-state index in [9.17, 15) is 0 Å². The number of pyridine rings is 1. The molecule has 90 valence electrons. The molecule has 0 radical (unpaired) electrons. The van der Waals surface area contributed by atoms with E-state index in [1.54, 1.807) is 12.3 Å². The van der Waals surface area contributed by atoms with Crippen molar-refractivity contribution in [1.29, 1.82) is 0 Å². The Morgan fingerprint density at radius 1 is 1.47 bits per heavy atom. The smallest absolute Gasteiger partial charge is 0.167 e. The SMILES string of the molecule is CN(CCc1cccnc1)Cc1cc(N)no1. The minimum atomic E-state index is 0.431. The molecule has 0 saturated carbocycles. The number of hydrogen-bond acceptors (Lipinski definition) is 5. The van der Waals surface area contributed by atoms with Crippen molar-refractivity contribution < 1.29 is 4.52 Å². The number of nitrogens with zero attached hydrogens (tertiary/aromatic N) is 3. The van der Waals surface area contributed by atoms with Crippen molar-refractivity contribution in [2.75, 3.05) is 19.3 Å². The van der Waals surface area contributed by atoms with E-state index in [4.69, 9.17) is 10.3 Å². The van der Waals surface area contributed by atoms with Gasteiger partial charge in [-0.3, -0.25) is 9.88 Å². The highest BCUT2D eigenvalue weighted by molar-refractivity contribution is 5.26. The minimum Gasteiger partial charge on any atom is -0.381 e. The van der Waals surface area contributed by atoms with Crippen LogP contribution < -0.4 is 5.73 Å². The van der Waals surface area contributed by atoms with Crippen LogP contribution in [-0.2, 0) is 13.0 Å². The third-order valence-electron chi connectivity index (χ3n) is 2.51. The monoisotopic (exact) mass is 232 g/mol. The van der Waals surface area contributed by atoms with Gasteiger partial charge in [0, 0.05) is 25.0 Å². The summed E-state index contributed by atoms with van der Waals surface area (Å²) in [6.07, 6.45) is 4.64. The topological polar surface area (TPSA) is 68.2 Å². The first kappa shape index (κ1) is 11.6. The highest BCUT2D eigenvalue weighted by Gasteiger charge is 2.05. The van der Waals surface area contributed by atoms with Crippen LogP contribution >= 0.6 is 0 Å². The molecular weight excluding hydrogens is 216 g/mol. The van der Waals surface area contributed by atoms with E-state index < -0.39 is 0 Å². The number of anilines is 1. The largest absolute Gasteiger partial charge is 0.381 e. The minimum absolute atomic E-state index is 0.431. The van der Waals surface area contributed by atoms with Crippen LogP contribution in [0.1, 0.15) is 11.3 Å². The highest BCUT2D eigenvalue weighted by Crippen LogP contribution is 2.07. The van der Waals surface area contributed by atoms with Crippen molar-refractivity contribution in [2.24, 2.45) is 0 Å². The lowest BCUT2D eigenvalue weighted by Crippen LogP contribution is -2.20. The molecular formula is C12H16N4O. The lowest BCUT2D eigenvalue weighted by Gasteiger charge is -2.14. The van der Waals surface area contributed by atoms with Crippen LogP contribution in [0, 0.1) is 0 Å². The summed E-state index contributed by atoms with van der Waals surface area (Å²) in [6, 6.07) is 5.78. The van der Waals surface area contributed by atoms with Gasteiger partial charge in [0.05, 0.1) is 6.54 Å². The first-order valence-corrected chi connectivity index (χ1v) is 5.52. The molecule has 17 heavy (non-hydrogen) atoms. The quantitative estimate of drug-likeness (QED) is 0.842. The van der Waals surface area contributed by atoms with E-state index in [1.165, 1.54) is 5.56 Å². The van der Waals surface area contributed by atoms with Gasteiger partial charge in [0.15, 0.2) is 11.6 Å². The second-order valence-corrected chi connectivity index (χ2v) is 4.07. The summed E-state index contributed by atoms with van der Waals surface area (Å²) in [5.41, 5.74) is 6.72. The first-order valence-electron chi connectivity index (χ1n) is 5.52. The number of nitrogens with two attached hydrogens (primary N) is 1. The Kier molecular flexibility index (Phi) is 3.72. The van der Waals surface area contributed by atoms with Crippen LogP contribution in [0.15, 0.2) is 35.1 Å². The molecule has 0 fully saturated rings. The second kappa shape index (κ2) is 5.45. The third kappa shape index (κ3) is 3.57. The van der Waals surface area contributed by atoms with E-state index in [0.29, 0.717) is 12.4 Å². The van der Waals surface area contributed by atoms with Crippen LogP contribution in [0.5, 0.6) is 0 Å². The molecule has 0 aromatic carbocycles. The van der Waals surface area contributed by atoms with Gasteiger partial charge in [0.1, 0.15) is 0 Å². The number of likely N-dealkylation sites (N-methyl/N-ethyl adjacent to an activating group) is 1. The fourth-order valence-corrected chi connectivity index (χ4v) is 1.61. The molecule has 2 N–H and O–H groups in total. The summed E-state index contributed by atoms with van der Waals surface area (Å²) < 4.78 is 5.06. The Balaban J connectivity index is 1.80. The third-order valence-corrected chi connectivity index (χ3v) is 2.51. The molecule has 0 spiro atoms. The number of hydrogen-bond donors (Lipinski definition) is 1. The average molecular weight is 232 g/mol. The fourth-order valence-electron chi connectivity index (χ4n) is 1.61. The molecule has 0 bridgehead atoms. The Bertz CT molecular complexity index is 455. The van der Waals surface area contributed by atoms with Crippen LogP contribution in [0.4, 0.5) is 5.82 Å². The van der Waals surface area contributed by atoms with Crippen molar-refractivity contribution in [2.45, 2.75) is 13.0 Å². The molecule has 0 aliphatic rings. The summed E-state index contributed by atoms with van der Waals surface area (Å²) in [5, 5.41) is 3.65. The van der Waals surface area contributed by atoms with E-state index in [2.05, 4.69) is 21.1 Å². The van der Waals surface area contributed by atoms with Gasteiger partial charge in [-0.15, -0.1) is 0 Å². The average Bonchev–Trinajstić information content (AvgIpc) is 2.73. The zero-order valence-electron chi connectivity index (χ0n) is 9.84. The zero-order chi connectivity index (χ0) is 12.1. The lowest BCUT2D eigenvalue weighted by molar-refractivity contribution is 0.275. The van der Waals surface area contributed by atoms with Gasteiger partial charge in [-0.25, -0.2) is 0 Å². The molecule has 2 heterocycles. The van der Waals surface area contributed by atoms with E-state index in [0.717, 1.165) is 18.7 Å². The molecule has 2 rings (SSSR count). The van der Waals surface area contributed by atoms with Crippen molar-refractivity contribution >= 4 is 5.82 Å². The van der Waals surface area contributed by atoms with Crippen LogP contribution in [0.2, 0.25) is 0 Å². The van der Waals surface area contributed by atoms with Crippen LogP contribution in [0.25, 0.3) is 0 Å². The van der Waals surface area contributed by atoms with Gasteiger partial charge in [-0.05, 0) is 25.1 Å². The van der Waals surface area contributed by atoms with Crippen molar-refractivity contribution in [3.63, 3.8) is 0 Å². The van der Waals surface area contributed by atoms with E-state index in [-0.39, 0.29) is 0 Å². The number of nitrogen functional groups attached to an aromatic ring is 1. The maximum Gasteiger partial charge on any atom is 0.167 e. The molecule has 0 aliphatic carbocycles. The van der Waals surface area contributed by atoms with Crippen molar-refractivity contribution in [1.82, 2.24) is 15.0 Å². The van der Waals surface area contributed by atoms with Crippen molar-refractivity contribution in [3.05, 3.63) is 41.9 Å². The standard InChI is InChI=1S/C12H16N4O/c1-16(9-11-7-12(13)15-17-11)6-4-10-3-2-5-14-8-10/h2-3,5,7-8H,4,6,9H2,1H3,(H2,13,15). The number of aromatic nitrogens is 2. The number of rotatable bonds is 5. The maximum absolute atomic E-state index is 5.49. The van der Waals surface area contributed by atoms with Gasteiger partial charge in [-0.2, -0.15) is 0 Å². The predicted molar refractivity (Wildman–Crippen MR) is 65.2 cm³/mol. The second-order valence-electron chi connectivity index (χ2n) is 4.07. The van der Waals surface area contributed by atoms with Gasteiger partial charge in [-0.1, -0.05) is 11.2 Å². The highest BCUT2D eigenvalue weighted by atomic mass is 16.5. The van der Waals surface area contributed by atoms with E-state index >= 15 is 0 Å². The summed E-state index contributed by atoms with van der Waals surface area (Å²) in [6.45, 7) is 1.65. The summed E-state index contributed by atoms with van der Waals surface area (Å²) in [5.74, 6) is 1.22. The Hall–Kier alpha value is -1.88. The van der Waals surface area contributed by atoms with Crippen molar-refractivity contribution in [3.8, 4) is 0 Å². The predicted octanol–water partition coefficient (Wildman–Crippen LogP) is 1.33. The Labute approximate surface area is 100 Å². The normalized spacial score (nSPS) is 10.9. The Morgan fingerprint density at radius 3 is 3.00 bits per heavy atom. The maximum atomic E-state index is 5.49. The molecule has 0 aliphatic heterocycles. The van der Waals surface area contributed by atoms with Gasteiger partial charge in [0.2, 0.25) is 0 Å². The lowest BCUT2D eigenvalue weighted by atomic mass is 10.2. The van der Waals surface area contributed by atoms with Gasteiger partial charge in [0.25, 0.3) is 0 Å². The van der Waals surface area contributed by atoms with E-state index in [1.807, 2.05) is 19.3 Å². The molecule has 2 aromatic heterocycles. The van der Waals surface area contributed by atoms with Crippen LogP contribution in [0.3, 0.4) is 0 Å². The summed E-state index contributed by atoms with van der Waals surface area (Å²) >= 11 is 0. The molecule has 0 atom stereocenters. The zero-order valence-corrected chi connectivity index (χ0v) is 9.84.